The van der Waals surface area contributed by atoms with Crippen molar-refractivity contribution >= 4 is 0 Å². The third kappa shape index (κ3) is 6.17. The Labute approximate surface area is 116 Å². The Morgan fingerprint density at radius 2 is 2.00 bits per heavy atom. The number of hydrogen-bond donors (Lipinski definition) is 1. The molecule has 19 heavy (non-hydrogen) atoms. The second-order valence-electron chi connectivity index (χ2n) is 6.51. The van der Waals surface area contributed by atoms with Crippen molar-refractivity contribution in [3.63, 3.8) is 0 Å². The van der Waals surface area contributed by atoms with Gasteiger partial charge in [0.2, 0.25) is 0 Å². The third-order valence-corrected chi connectivity index (χ3v) is 3.28. The summed E-state index contributed by atoms with van der Waals surface area (Å²) in [6, 6.07) is 6.16. The molecule has 1 N–H and O–H groups in total. The smallest absolute Gasteiger partial charge is 0.0887 e. The number of aromatic nitrogens is 1. The van der Waals surface area contributed by atoms with Crippen LogP contribution in [0.2, 0.25) is 0 Å². The highest BCUT2D eigenvalue weighted by Crippen LogP contribution is 2.32. The van der Waals surface area contributed by atoms with E-state index in [0.29, 0.717) is 6.61 Å². The molecule has 0 aliphatic heterocycles. The van der Waals surface area contributed by atoms with Gasteiger partial charge in [-0.05, 0) is 45.2 Å². The Morgan fingerprint density at radius 1 is 1.26 bits per heavy atom. The number of ether oxygens (including phenoxy) is 1. The van der Waals surface area contributed by atoms with Crippen molar-refractivity contribution in [3.05, 3.63) is 29.6 Å². The standard InChI is InChI=1S/C16H26N2O/c1-16(2,3)17-11-14-5-4-6-15(18-14)12-19-10-9-13-7-8-13/h4-6,13,17H,7-12H2,1-3H3. The van der Waals surface area contributed by atoms with Gasteiger partial charge in [0.25, 0.3) is 0 Å². The van der Waals surface area contributed by atoms with Gasteiger partial charge in [-0.1, -0.05) is 18.9 Å². The number of nitrogens with one attached hydrogen (secondary N) is 1. The molecule has 3 nitrogen and oxygen atoms in total. The third-order valence-electron chi connectivity index (χ3n) is 3.28. The molecule has 0 atom stereocenters. The lowest BCUT2D eigenvalue weighted by Crippen LogP contribution is -2.35. The Balaban J connectivity index is 1.73. The molecule has 1 heterocycles. The quantitative estimate of drug-likeness (QED) is 0.766. The molecule has 3 heteroatoms. The molecular formula is C16H26N2O. The van der Waals surface area contributed by atoms with E-state index in [9.17, 15) is 0 Å². The van der Waals surface area contributed by atoms with E-state index < -0.39 is 0 Å². The number of hydrogen-bond acceptors (Lipinski definition) is 3. The van der Waals surface area contributed by atoms with Gasteiger partial charge in [-0.15, -0.1) is 0 Å². The lowest BCUT2D eigenvalue weighted by molar-refractivity contribution is 0.112. The average Bonchev–Trinajstić information content (AvgIpc) is 3.16. The summed E-state index contributed by atoms with van der Waals surface area (Å²) in [4.78, 5) is 4.62. The fourth-order valence-electron chi connectivity index (χ4n) is 1.90. The van der Waals surface area contributed by atoms with E-state index in [0.717, 1.165) is 30.5 Å². The fourth-order valence-corrected chi connectivity index (χ4v) is 1.90. The maximum absolute atomic E-state index is 5.69. The van der Waals surface area contributed by atoms with Crippen molar-refractivity contribution in [2.45, 2.75) is 58.7 Å². The molecule has 1 aromatic heterocycles. The molecule has 1 aliphatic carbocycles. The van der Waals surface area contributed by atoms with Crippen LogP contribution in [0.4, 0.5) is 0 Å². The number of rotatable bonds is 7. The first-order chi connectivity index (χ1) is 9.03. The maximum Gasteiger partial charge on any atom is 0.0887 e. The minimum absolute atomic E-state index is 0.123. The molecule has 0 spiro atoms. The molecule has 1 fully saturated rings. The van der Waals surface area contributed by atoms with Crippen LogP contribution in [0.25, 0.3) is 0 Å². The summed E-state index contributed by atoms with van der Waals surface area (Å²) in [5.41, 5.74) is 2.24. The molecule has 1 aromatic rings. The van der Waals surface area contributed by atoms with Crippen molar-refractivity contribution in [2.24, 2.45) is 5.92 Å². The van der Waals surface area contributed by atoms with Crippen LogP contribution >= 0.6 is 0 Å². The molecule has 0 bridgehead atoms. The minimum Gasteiger partial charge on any atom is -0.375 e. The zero-order valence-corrected chi connectivity index (χ0v) is 12.4. The van der Waals surface area contributed by atoms with Gasteiger partial charge < -0.3 is 10.1 Å². The van der Waals surface area contributed by atoms with Crippen LogP contribution in [0.3, 0.4) is 0 Å². The Morgan fingerprint density at radius 3 is 2.68 bits per heavy atom. The lowest BCUT2D eigenvalue weighted by Gasteiger charge is -2.20. The summed E-state index contributed by atoms with van der Waals surface area (Å²) in [5, 5.41) is 3.45. The number of nitrogens with zero attached hydrogens (tertiary/aromatic N) is 1. The highest BCUT2D eigenvalue weighted by Gasteiger charge is 2.20. The monoisotopic (exact) mass is 262 g/mol. The largest absolute Gasteiger partial charge is 0.375 e. The van der Waals surface area contributed by atoms with E-state index in [4.69, 9.17) is 4.74 Å². The van der Waals surface area contributed by atoms with E-state index in [1.807, 2.05) is 6.07 Å². The first-order valence-corrected chi connectivity index (χ1v) is 7.30. The first-order valence-electron chi connectivity index (χ1n) is 7.30. The Bertz CT molecular complexity index is 394. The summed E-state index contributed by atoms with van der Waals surface area (Å²) >= 11 is 0. The first kappa shape index (κ1) is 14.5. The average molecular weight is 262 g/mol. The number of pyridine rings is 1. The Hall–Kier alpha value is -0.930. The predicted octanol–water partition coefficient (Wildman–Crippen LogP) is 3.29. The van der Waals surface area contributed by atoms with Crippen molar-refractivity contribution in [3.8, 4) is 0 Å². The molecule has 0 saturated heterocycles. The van der Waals surface area contributed by atoms with Gasteiger partial charge in [-0.2, -0.15) is 0 Å². The minimum atomic E-state index is 0.123. The van der Waals surface area contributed by atoms with Crippen LogP contribution in [0.15, 0.2) is 18.2 Å². The molecule has 1 aliphatic rings. The van der Waals surface area contributed by atoms with Crippen LogP contribution < -0.4 is 5.32 Å². The van der Waals surface area contributed by atoms with Crippen molar-refractivity contribution in [1.82, 2.24) is 10.3 Å². The summed E-state index contributed by atoms with van der Waals surface area (Å²) < 4.78 is 5.69. The van der Waals surface area contributed by atoms with E-state index in [2.05, 4.69) is 43.2 Å². The molecule has 2 rings (SSSR count). The second-order valence-corrected chi connectivity index (χ2v) is 6.51. The normalized spacial score (nSPS) is 15.7. The van der Waals surface area contributed by atoms with Crippen LogP contribution in [0, 0.1) is 5.92 Å². The topological polar surface area (TPSA) is 34.1 Å². The molecular weight excluding hydrogens is 236 g/mol. The van der Waals surface area contributed by atoms with E-state index in [1.54, 1.807) is 0 Å². The van der Waals surface area contributed by atoms with Crippen LogP contribution in [0.5, 0.6) is 0 Å². The van der Waals surface area contributed by atoms with Gasteiger partial charge in [0.1, 0.15) is 0 Å². The van der Waals surface area contributed by atoms with E-state index >= 15 is 0 Å². The van der Waals surface area contributed by atoms with E-state index in [1.165, 1.54) is 19.3 Å². The maximum atomic E-state index is 5.69. The molecule has 0 unspecified atom stereocenters. The van der Waals surface area contributed by atoms with Gasteiger partial charge in [0, 0.05) is 18.7 Å². The molecule has 0 radical (unpaired) electrons. The molecule has 0 amide bonds. The van der Waals surface area contributed by atoms with Crippen molar-refractivity contribution in [2.75, 3.05) is 6.61 Å². The fraction of sp³-hybridized carbons (Fsp3) is 0.688. The van der Waals surface area contributed by atoms with Gasteiger partial charge in [-0.3, -0.25) is 4.98 Å². The van der Waals surface area contributed by atoms with Crippen molar-refractivity contribution in [1.29, 1.82) is 0 Å². The molecule has 106 valence electrons. The zero-order valence-electron chi connectivity index (χ0n) is 12.4. The highest BCUT2D eigenvalue weighted by atomic mass is 16.5. The van der Waals surface area contributed by atoms with E-state index in [-0.39, 0.29) is 5.54 Å². The second kappa shape index (κ2) is 6.49. The summed E-state index contributed by atoms with van der Waals surface area (Å²) in [6.45, 7) is 8.81. The zero-order chi connectivity index (χ0) is 13.7. The van der Waals surface area contributed by atoms with Gasteiger partial charge in [0.05, 0.1) is 18.0 Å². The molecule has 1 saturated carbocycles. The highest BCUT2D eigenvalue weighted by molar-refractivity contribution is 5.10. The van der Waals surface area contributed by atoms with Crippen LogP contribution in [-0.2, 0) is 17.9 Å². The summed E-state index contributed by atoms with van der Waals surface area (Å²) in [7, 11) is 0. The van der Waals surface area contributed by atoms with Gasteiger partial charge in [0.15, 0.2) is 0 Å². The lowest BCUT2D eigenvalue weighted by atomic mass is 10.1. The Kier molecular flexibility index (Phi) is 4.94. The summed E-state index contributed by atoms with van der Waals surface area (Å²) in [5.74, 6) is 0.940. The van der Waals surface area contributed by atoms with Crippen LogP contribution in [-0.4, -0.2) is 17.1 Å². The van der Waals surface area contributed by atoms with Crippen molar-refractivity contribution < 1.29 is 4.74 Å². The SMILES string of the molecule is CC(C)(C)NCc1cccc(COCCC2CC2)n1. The van der Waals surface area contributed by atoms with Gasteiger partial charge in [-0.25, -0.2) is 0 Å². The van der Waals surface area contributed by atoms with Crippen LogP contribution in [0.1, 0.15) is 51.4 Å². The summed E-state index contributed by atoms with van der Waals surface area (Å²) in [6.07, 6.45) is 4.01. The van der Waals surface area contributed by atoms with Gasteiger partial charge >= 0.3 is 0 Å². The molecule has 0 aromatic carbocycles. The predicted molar refractivity (Wildman–Crippen MR) is 77.8 cm³/mol.